The Kier molecular flexibility index (Phi) is 4.39. The molecule has 0 bridgehead atoms. The van der Waals surface area contributed by atoms with E-state index in [1.807, 2.05) is 13.8 Å². The lowest BCUT2D eigenvalue weighted by Crippen LogP contribution is -2.11. The third kappa shape index (κ3) is 3.09. The topological polar surface area (TPSA) is 41.5 Å². The van der Waals surface area contributed by atoms with Crippen LogP contribution in [0.1, 0.15) is 30.9 Å². The van der Waals surface area contributed by atoms with E-state index in [-0.39, 0.29) is 5.92 Å². The number of aromatic hydroxyl groups is 1. The SMILES string of the molecule is CONCc1cc(Cl)cc(C(C)C)c1O. The number of halogens is 1. The summed E-state index contributed by atoms with van der Waals surface area (Å²) in [6.07, 6.45) is 0. The van der Waals surface area contributed by atoms with Crippen molar-refractivity contribution in [2.45, 2.75) is 26.3 Å². The summed E-state index contributed by atoms with van der Waals surface area (Å²) >= 11 is 5.97. The van der Waals surface area contributed by atoms with Gasteiger partial charge >= 0.3 is 0 Å². The number of hydrogen-bond acceptors (Lipinski definition) is 3. The molecule has 0 aliphatic rings. The van der Waals surface area contributed by atoms with Crippen molar-refractivity contribution in [2.75, 3.05) is 7.11 Å². The van der Waals surface area contributed by atoms with Crippen LogP contribution in [-0.2, 0) is 11.4 Å². The Morgan fingerprint density at radius 2 is 2.13 bits per heavy atom. The van der Waals surface area contributed by atoms with E-state index in [1.165, 1.54) is 7.11 Å². The smallest absolute Gasteiger partial charge is 0.123 e. The lowest BCUT2D eigenvalue weighted by atomic mass is 9.99. The maximum absolute atomic E-state index is 9.96. The van der Waals surface area contributed by atoms with Crippen molar-refractivity contribution in [3.63, 3.8) is 0 Å². The second-order valence-corrected chi connectivity index (χ2v) is 4.12. The molecule has 1 rings (SSSR count). The second kappa shape index (κ2) is 5.35. The Labute approximate surface area is 95.0 Å². The summed E-state index contributed by atoms with van der Waals surface area (Å²) in [7, 11) is 1.53. The van der Waals surface area contributed by atoms with Gasteiger partial charge in [-0.25, -0.2) is 0 Å². The number of hydroxylamine groups is 1. The van der Waals surface area contributed by atoms with Crippen molar-refractivity contribution in [1.29, 1.82) is 0 Å². The van der Waals surface area contributed by atoms with E-state index in [9.17, 15) is 5.11 Å². The molecule has 0 aliphatic carbocycles. The molecule has 0 atom stereocenters. The maximum atomic E-state index is 9.96. The molecule has 15 heavy (non-hydrogen) atoms. The number of hydrogen-bond donors (Lipinski definition) is 2. The zero-order chi connectivity index (χ0) is 11.4. The summed E-state index contributed by atoms with van der Waals surface area (Å²) in [5.41, 5.74) is 4.28. The van der Waals surface area contributed by atoms with Crippen molar-refractivity contribution in [2.24, 2.45) is 0 Å². The van der Waals surface area contributed by atoms with E-state index in [0.717, 1.165) is 11.1 Å². The molecule has 0 saturated carbocycles. The zero-order valence-electron chi connectivity index (χ0n) is 9.17. The minimum absolute atomic E-state index is 0.241. The number of nitrogens with one attached hydrogen (secondary N) is 1. The predicted octanol–water partition coefficient (Wildman–Crippen LogP) is 2.82. The Morgan fingerprint density at radius 1 is 1.47 bits per heavy atom. The van der Waals surface area contributed by atoms with Gasteiger partial charge in [-0.05, 0) is 23.6 Å². The van der Waals surface area contributed by atoms with E-state index < -0.39 is 0 Å². The number of phenols is 1. The molecule has 0 amide bonds. The molecule has 84 valence electrons. The van der Waals surface area contributed by atoms with E-state index in [0.29, 0.717) is 17.3 Å². The van der Waals surface area contributed by atoms with Gasteiger partial charge < -0.3 is 9.94 Å². The lowest BCUT2D eigenvalue weighted by molar-refractivity contribution is 0.0861. The molecule has 0 unspecified atom stereocenters. The highest BCUT2D eigenvalue weighted by Gasteiger charge is 2.11. The monoisotopic (exact) mass is 229 g/mol. The fourth-order valence-corrected chi connectivity index (χ4v) is 1.65. The highest BCUT2D eigenvalue weighted by molar-refractivity contribution is 6.30. The van der Waals surface area contributed by atoms with Gasteiger partial charge in [0.25, 0.3) is 0 Å². The van der Waals surface area contributed by atoms with Crippen LogP contribution < -0.4 is 5.48 Å². The Morgan fingerprint density at radius 3 is 2.67 bits per heavy atom. The van der Waals surface area contributed by atoms with Gasteiger partial charge in [-0.2, -0.15) is 5.48 Å². The summed E-state index contributed by atoms with van der Waals surface area (Å²) in [6, 6.07) is 3.52. The first-order valence-corrected chi connectivity index (χ1v) is 5.21. The largest absolute Gasteiger partial charge is 0.507 e. The van der Waals surface area contributed by atoms with Crippen molar-refractivity contribution in [3.05, 3.63) is 28.3 Å². The summed E-state index contributed by atoms with van der Waals surface area (Å²) in [5, 5.41) is 10.6. The molecule has 2 N–H and O–H groups in total. The zero-order valence-corrected chi connectivity index (χ0v) is 9.93. The van der Waals surface area contributed by atoms with Gasteiger partial charge in [0.1, 0.15) is 5.75 Å². The van der Waals surface area contributed by atoms with Crippen molar-refractivity contribution in [3.8, 4) is 5.75 Å². The fraction of sp³-hybridized carbons (Fsp3) is 0.455. The molecule has 0 radical (unpaired) electrons. The first kappa shape index (κ1) is 12.3. The second-order valence-electron chi connectivity index (χ2n) is 3.68. The summed E-state index contributed by atoms with van der Waals surface area (Å²) in [4.78, 5) is 4.74. The third-order valence-electron chi connectivity index (χ3n) is 2.21. The van der Waals surface area contributed by atoms with Crippen LogP contribution in [0.25, 0.3) is 0 Å². The van der Waals surface area contributed by atoms with Gasteiger partial charge in [0.05, 0.1) is 7.11 Å². The van der Waals surface area contributed by atoms with E-state index in [2.05, 4.69) is 5.48 Å². The number of phenolic OH excluding ortho intramolecular Hbond substituents is 1. The minimum atomic E-state index is 0.241. The normalized spacial score (nSPS) is 11.0. The Bertz CT molecular complexity index is 340. The molecular weight excluding hydrogens is 214 g/mol. The molecule has 1 aromatic rings. The van der Waals surface area contributed by atoms with Gasteiger partial charge in [-0.1, -0.05) is 25.4 Å². The average molecular weight is 230 g/mol. The summed E-state index contributed by atoms with van der Waals surface area (Å²) < 4.78 is 0. The molecule has 3 nitrogen and oxygen atoms in total. The first-order chi connectivity index (χ1) is 7.06. The average Bonchev–Trinajstić information content (AvgIpc) is 2.18. The molecular formula is C11H16ClNO2. The van der Waals surface area contributed by atoms with Crippen LogP contribution in [0, 0.1) is 0 Å². The van der Waals surface area contributed by atoms with Gasteiger partial charge in [0, 0.05) is 17.1 Å². The first-order valence-electron chi connectivity index (χ1n) is 4.83. The molecule has 0 fully saturated rings. The van der Waals surface area contributed by atoms with Gasteiger partial charge in [-0.3, -0.25) is 0 Å². The quantitative estimate of drug-likeness (QED) is 0.781. The van der Waals surface area contributed by atoms with Gasteiger partial charge in [0.15, 0.2) is 0 Å². The maximum Gasteiger partial charge on any atom is 0.123 e. The number of rotatable bonds is 4. The van der Waals surface area contributed by atoms with Crippen LogP contribution in [-0.4, -0.2) is 12.2 Å². The standard InChI is InChI=1S/C11H16ClNO2/c1-7(2)10-5-9(12)4-8(11(10)14)6-13-15-3/h4-5,7,13-14H,6H2,1-3H3. The van der Waals surface area contributed by atoms with E-state index in [4.69, 9.17) is 16.4 Å². The van der Waals surface area contributed by atoms with Gasteiger partial charge in [0.2, 0.25) is 0 Å². The molecule has 0 saturated heterocycles. The van der Waals surface area contributed by atoms with Crippen LogP contribution in [0.5, 0.6) is 5.75 Å². The lowest BCUT2D eigenvalue weighted by Gasteiger charge is -2.13. The predicted molar refractivity (Wildman–Crippen MR) is 61.1 cm³/mol. The molecule has 4 heteroatoms. The van der Waals surface area contributed by atoms with E-state index >= 15 is 0 Å². The van der Waals surface area contributed by atoms with Crippen LogP contribution >= 0.6 is 11.6 Å². The fourth-order valence-electron chi connectivity index (χ4n) is 1.40. The molecule has 1 aromatic carbocycles. The highest BCUT2D eigenvalue weighted by Crippen LogP contribution is 2.32. The van der Waals surface area contributed by atoms with E-state index in [1.54, 1.807) is 12.1 Å². The highest BCUT2D eigenvalue weighted by atomic mass is 35.5. The minimum Gasteiger partial charge on any atom is -0.507 e. The van der Waals surface area contributed by atoms with Crippen molar-refractivity contribution < 1.29 is 9.94 Å². The molecule has 0 heterocycles. The third-order valence-corrected chi connectivity index (χ3v) is 2.43. The Balaban J connectivity index is 3.05. The van der Waals surface area contributed by atoms with Crippen LogP contribution in [0.2, 0.25) is 5.02 Å². The van der Waals surface area contributed by atoms with Crippen molar-refractivity contribution >= 4 is 11.6 Å². The molecule has 0 aromatic heterocycles. The van der Waals surface area contributed by atoms with Gasteiger partial charge in [-0.15, -0.1) is 0 Å². The van der Waals surface area contributed by atoms with Crippen LogP contribution in [0.3, 0.4) is 0 Å². The number of benzene rings is 1. The summed E-state index contributed by atoms with van der Waals surface area (Å²) in [6.45, 7) is 4.46. The van der Waals surface area contributed by atoms with Crippen molar-refractivity contribution in [1.82, 2.24) is 5.48 Å². The molecule has 0 aliphatic heterocycles. The van der Waals surface area contributed by atoms with Crippen LogP contribution in [0.4, 0.5) is 0 Å². The van der Waals surface area contributed by atoms with Crippen LogP contribution in [0.15, 0.2) is 12.1 Å². The Hall–Kier alpha value is -0.770. The molecule has 0 spiro atoms. The summed E-state index contributed by atoms with van der Waals surface area (Å²) in [5.74, 6) is 0.531.